The van der Waals surface area contributed by atoms with Gasteiger partial charge in [-0.2, -0.15) is 5.11 Å². The summed E-state index contributed by atoms with van der Waals surface area (Å²) in [4.78, 5) is 17.3. The molecule has 148 valence electrons. The number of carbonyl (C=O) groups is 1. The molecule has 0 aliphatic carbocycles. The van der Waals surface area contributed by atoms with E-state index in [4.69, 9.17) is 4.99 Å². The van der Waals surface area contributed by atoms with Gasteiger partial charge in [-0.15, -0.1) is 5.11 Å². The fraction of sp³-hybridized carbons (Fsp3) is 0.300. The van der Waals surface area contributed by atoms with Crippen LogP contribution in [0.25, 0.3) is 0 Å². The molecule has 1 aliphatic rings. The van der Waals surface area contributed by atoms with Gasteiger partial charge in [-0.3, -0.25) is 4.79 Å². The highest BCUT2D eigenvalue weighted by molar-refractivity contribution is 14.1. The minimum Gasteiger partial charge on any atom is -0.322 e. The molecule has 0 fully saturated rings. The number of aliphatic imine (C=N–C) groups is 1. The fourth-order valence-electron chi connectivity index (χ4n) is 2.41. The van der Waals surface area contributed by atoms with Crippen molar-refractivity contribution in [1.29, 1.82) is 0 Å². The van der Waals surface area contributed by atoms with Crippen LogP contribution in [0.1, 0.15) is 25.8 Å². The smallest absolute Gasteiger partial charge is 0.252 e. The molecule has 1 atom stereocenters. The lowest BCUT2D eigenvalue weighted by atomic mass is 10.0. The zero-order valence-corrected chi connectivity index (χ0v) is 20.5. The summed E-state index contributed by atoms with van der Waals surface area (Å²) in [6.07, 6.45) is 8.45. The maximum atomic E-state index is 12.6. The highest BCUT2D eigenvalue weighted by Crippen LogP contribution is 2.43. The Kier molecular flexibility index (Phi) is 9.10. The number of rotatable bonds is 5. The first-order chi connectivity index (χ1) is 13.4. The van der Waals surface area contributed by atoms with E-state index in [1.807, 2.05) is 55.5 Å². The van der Waals surface area contributed by atoms with E-state index in [2.05, 4.69) is 54.1 Å². The summed E-state index contributed by atoms with van der Waals surface area (Å²) in [6.45, 7) is 3.73. The second-order valence-electron chi connectivity index (χ2n) is 5.94. The molecule has 1 aromatic carbocycles. The van der Waals surface area contributed by atoms with E-state index in [9.17, 15) is 4.79 Å². The van der Waals surface area contributed by atoms with Crippen molar-refractivity contribution in [3.63, 3.8) is 0 Å². The molecule has 1 unspecified atom stereocenters. The number of benzene rings is 1. The first-order valence-electron chi connectivity index (χ1n) is 8.68. The van der Waals surface area contributed by atoms with Crippen LogP contribution in [0.4, 0.5) is 5.69 Å². The predicted octanol–water partition coefficient (Wildman–Crippen LogP) is 6.59. The van der Waals surface area contributed by atoms with E-state index in [1.54, 1.807) is 25.7 Å². The summed E-state index contributed by atoms with van der Waals surface area (Å²) in [6, 6.07) is 7.82. The minimum absolute atomic E-state index is 0.153. The van der Waals surface area contributed by atoms with Crippen LogP contribution in [0.15, 0.2) is 73.8 Å². The van der Waals surface area contributed by atoms with Gasteiger partial charge in [-0.25, -0.2) is 4.99 Å². The van der Waals surface area contributed by atoms with Crippen molar-refractivity contribution in [2.24, 2.45) is 15.2 Å². The Labute approximate surface area is 192 Å². The van der Waals surface area contributed by atoms with Crippen molar-refractivity contribution < 1.29 is 4.79 Å². The molecular formula is C20H22BrIN4OS. The second kappa shape index (κ2) is 11.1. The van der Waals surface area contributed by atoms with Crippen LogP contribution in [0.5, 0.6) is 0 Å². The predicted molar refractivity (Wildman–Crippen MR) is 132 cm³/mol. The first kappa shape index (κ1) is 23.0. The van der Waals surface area contributed by atoms with Gasteiger partial charge in [0.05, 0.1) is 0 Å². The van der Waals surface area contributed by atoms with Crippen LogP contribution < -0.4 is 5.32 Å². The lowest BCUT2D eigenvalue weighted by Crippen LogP contribution is -2.22. The van der Waals surface area contributed by atoms with E-state index in [1.165, 1.54) is 0 Å². The number of carbonyl (C=O) groups excluding carboxylic acids is 1. The minimum atomic E-state index is -0.409. The second-order valence-corrected chi connectivity index (χ2v) is 9.65. The molecule has 2 rings (SSSR count). The molecule has 1 heterocycles. The number of allylic oxidation sites excluding steroid dienone is 5. The van der Waals surface area contributed by atoms with Crippen LogP contribution in [0.2, 0.25) is 0 Å². The summed E-state index contributed by atoms with van der Waals surface area (Å²) in [5.74, 6) is 0.768. The van der Waals surface area contributed by atoms with Crippen LogP contribution >= 0.6 is 50.3 Å². The topological polar surface area (TPSA) is 66.2 Å². The van der Waals surface area contributed by atoms with E-state index in [-0.39, 0.29) is 5.91 Å². The van der Waals surface area contributed by atoms with Crippen molar-refractivity contribution in [3.8, 4) is 0 Å². The normalized spacial score (nSPS) is 21.2. The third-order valence-electron chi connectivity index (χ3n) is 3.93. The Balaban J connectivity index is 2.23. The van der Waals surface area contributed by atoms with Gasteiger partial charge >= 0.3 is 0 Å². The molecular weight excluding hydrogens is 551 g/mol. The van der Waals surface area contributed by atoms with Gasteiger partial charge in [0, 0.05) is 28.5 Å². The van der Waals surface area contributed by atoms with Crippen LogP contribution in [-0.4, -0.2) is 23.9 Å². The van der Waals surface area contributed by atoms with Crippen molar-refractivity contribution in [1.82, 2.24) is 0 Å². The number of alkyl halides is 1. The molecule has 28 heavy (non-hydrogen) atoms. The molecule has 0 saturated carbocycles. The number of thioether (sulfide) groups is 1. The molecule has 5 nitrogen and oxygen atoms in total. The average molecular weight is 573 g/mol. The number of nitrogens with zero attached hydrogens (tertiary/aromatic N) is 3. The van der Waals surface area contributed by atoms with Crippen LogP contribution in [0, 0.1) is 0 Å². The molecule has 0 saturated heterocycles. The average Bonchev–Trinajstić information content (AvgIpc) is 2.68. The number of amidine groups is 1. The summed E-state index contributed by atoms with van der Waals surface area (Å²) >= 11 is 7.42. The monoisotopic (exact) mass is 572 g/mol. The highest BCUT2D eigenvalue weighted by Gasteiger charge is 2.32. The first-order valence-corrected chi connectivity index (χ1v) is 11.5. The highest BCUT2D eigenvalue weighted by atomic mass is 127. The quantitative estimate of drug-likeness (QED) is 0.108. The fourth-order valence-corrected chi connectivity index (χ4v) is 5.04. The van der Waals surface area contributed by atoms with Crippen LogP contribution in [-0.2, 0) is 8.34 Å². The number of halogens is 2. The maximum absolute atomic E-state index is 12.6. The Hall–Kier alpha value is -1.26. The standard InChI is InChI=1S/C20H22BrIN4OS/c1-4-5-6-10-17(21)14(2)18(27)24-16-9-7-8-15(13-16)20(22)11-12-28-19(25-20)26-23-3/h4-10,13H,11-12H2,1-3H3,(H,24,27)/b5-4-,10-6-,17-14-,26-23?. The van der Waals surface area contributed by atoms with Gasteiger partial charge in [-0.1, -0.05) is 58.1 Å². The van der Waals surface area contributed by atoms with Gasteiger partial charge in [0.2, 0.25) is 5.17 Å². The molecule has 1 aliphatic heterocycles. The number of anilines is 1. The van der Waals surface area contributed by atoms with E-state index in [0.717, 1.165) is 27.9 Å². The summed E-state index contributed by atoms with van der Waals surface area (Å²) < 4.78 is 0.335. The van der Waals surface area contributed by atoms with Gasteiger partial charge < -0.3 is 5.32 Å². The zero-order valence-electron chi connectivity index (χ0n) is 15.9. The third kappa shape index (κ3) is 6.38. The van der Waals surface area contributed by atoms with Crippen molar-refractivity contribution in [3.05, 3.63) is 64.2 Å². The molecule has 0 radical (unpaired) electrons. The molecule has 8 heteroatoms. The summed E-state index contributed by atoms with van der Waals surface area (Å²) in [5, 5.41) is 11.6. The number of azo groups is 1. The maximum Gasteiger partial charge on any atom is 0.252 e. The van der Waals surface area contributed by atoms with Gasteiger partial charge in [0.1, 0.15) is 3.55 Å². The molecule has 1 N–H and O–H groups in total. The van der Waals surface area contributed by atoms with Gasteiger partial charge in [0.15, 0.2) is 0 Å². The lowest BCUT2D eigenvalue weighted by molar-refractivity contribution is -0.112. The summed E-state index contributed by atoms with van der Waals surface area (Å²) in [7, 11) is 1.64. The number of amides is 1. The van der Waals surface area contributed by atoms with Crippen molar-refractivity contribution in [2.75, 3.05) is 18.1 Å². The number of hydrogen-bond acceptors (Lipinski definition) is 5. The summed E-state index contributed by atoms with van der Waals surface area (Å²) in [5.41, 5.74) is 2.37. The molecule has 0 bridgehead atoms. The van der Waals surface area contributed by atoms with E-state index in [0.29, 0.717) is 10.7 Å². The molecule has 1 amide bonds. The third-order valence-corrected chi connectivity index (χ3v) is 7.03. The number of nitrogens with one attached hydrogen (secondary N) is 1. The van der Waals surface area contributed by atoms with Crippen molar-refractivity contribution in [2.45, 2.75) is 23.8 Å². The number of hydrogen-bond donors (Lipinski definition) is 1. The van der Waals surface area contributed by atoms with E-state index >= 15 is 0 Å². The van der Waals surface area contributed by atoms with Gasteiger partial charge in [-0.05, 0) is 66.6 Å². The SMILES string of the molecule is C\C=C/C=C\C(Br)=C(/C)C(=O)Nc1cccc(C2(I)CCSC(N=NC)=N2)c1. The lowest BCUT2D eigenvalue weighted by Gasteiger charge is -2.28. The van der Waals surface area contributed by atoms with E-state index < -0.39 is 3.55 Å². The molecule has 0 spiro atoms. The van der Waals surface area contributed by atoms with Crippen molar-refractivity contribution >= 4 is 67.0 Å². The largest absolute Gasteiger partial charge is 0.322 e. The van der Waals surface area contributed by atoms with Gasteiger partial charge in [0.25, 0.3) is 5.91 Å². The molecule has 0 aromatic heterocycles. The Morgan fingerprint density at radius 2 is 2.21 bits per heavy atom. The Morgan fingerprint density at radius 3 is 2.93 bits per heavy atom. The molecule has 1 aromatic rings. The Bertz CT molecular complexity index is 879. The zero-order chi connectivity index (χ0) is 20.6. The Morgan fingerprint density at radius 1 is 1.43 bits per heavy atom. The van der Waals surface area contributed by atoms with Crippen LogP contribution in [0.3, 0.4) is 0 Å².